The average Bonchev–Trinajstić information content (AvgIpc) is 3.31. The molecule has 6 rings (SSSR count). The van der Waals surface area contributed by atoms with E-state index >= 15 is 0 Å². The van der Waals surface area contributed by atoms with Gasteiger partial charge in [0.1, 0.15) is 23.7 Å². The highest BCUT2D eigenvalue weighted by molar-refractivity contribution is 6.35. The van der Waals surface area contributed by atoms with Crippen molar-refractivity contribution in [2.24, 2.45) is 0 Å². The number of β-amino-alcohol motifs (C(OH)–C–C–N with tert-alkyl or cyclic N) is 1. The zero-order valence-corrected chi connectivity index (χ0v) is 24.6. The molecule has 2 aliphatic rings. The normalized spacial score (nSPS) is 18.3. The zero-order valence-electron chi connectivity index (χ0n) is 23.1. The number of anilines is 1. The van der Waals surface area contributed by atoms with Crippen LogP contribution in [0.2, 0.25) is 10.0 Å². The van der Waals surface area contributed by atoms with E-state index in [2.05, 4.69) is 43.0 Å². The quantitative estimate of drug-likeness (QED) is 0.305. The number of nitriles is 1. The molecule has 2 fully saturated rings. The van der Waals surface area contributed by atoms with Gasteiger partial charge in [0.05, 0.1) is 39.4 Å². The van der Waals surface area contributed by atoms with Gasteiger partial charge >= 0.3 is 0 Å². The molecule has 41 heavy (non-hydrogen) atoms. The van der Waals surface area contributed by atoms with Crippen LogP contribution in [-0.4, -0.2) is 74.6 Å². The lowest BCUT2D eigenvalue weighted by atomic mass is 9.82. The van der Waals surface area contributed by atoms with Gasteiger partial charge < -0.3 is 19.5 Å². The van der Waals surface area contributed by atoms with Crippen LogP contribution in [0.4, 0.5) is 5.82 Å². The fourth-order valence-electron chi connectivity index (χ4n) is 5.76. The molecule has 0 radical (unpaired) electrons. The number of ether oxygens (including phenoxy) is 2. The second-order valence-electron chi connectivity index (χ2n) is 11.3. The first-order valence-electron chi connectivity index (χ1n) is 13.2. The van der Waals surface area contributed by atoms with E-state index in [9.17, 15) is 10.4 Å². The summed E-state index contributed by atoms with van der Waals surface area (Å²) < 4.78 is 11.9. The molecule has 5 heterocycles. The first kappa shape index (κ1) is 27.5. The van der Waals surface area contributed by atoms with E-state index in [1.54, 1.807) is 13.3 Å². The van der Waals surface area contributed by atoms with Crippen LogP contribution in [0, 0.1) is 11.3 Å². The predicted molar refractivity (Wildman–Crippen MR) is 157 cm³/mol. The number of benzene rings is 1. The summed E-state index contributed by atoms with van der Waals surface area (Å²) in [7, 11) is 1.56. The lowest BCUT2D eigenvalue weighted by Gasteiger charge is -2.61. The number of fused-ring (bicyclic) bond motifs is 1. The minimum atomic E-state index is -0.625. The Morgan fingerprint density at radius 1 is 1.07 bits per heavy atom. The average molecular weight is 595 g/mol. The Balaban J connectivity index is 1.28. The van der Waals surface area contributed by atoms with Crippen molar-refractivity contribution in [2.75, 3.05) is 38.2 Å². The van der Waals surface area contributed by atoms with Crippen LogP contribution < -0.4 is 14.4 Å². The summed E-state index contributed by atoms with van der Waals surface area (Å²) in [5, 5.41) is 29.3. The molecule has 12 heteroatoms. The Kier molecular flexibility index (Phi) is 6.74. The van der Waals surface area contributed by atoms with Crippen molar-refractivity contribution >= 4 is 39.9 Å². The van der Waals surface area contributed by atoms with Crippen molar-refractivity contribution < 1.29 is 14.6 Å². The molecule has 2 aliphatic heterocycles. The van der Waals surface area contributed by atoms with Crippen LogP contribution in [0.5, 0.6) is 11.5 Å². The highest BCUT2D eigenvalue weighted by Gasteiger charge is 2.52. The van der Waals surface area contributed by atoms with Crippen molar-refractivity contribution in [3.8, 4) is 28.8 Å². The molecule has 1 atom stereocenters. The van der Waals surface area contributed by atoms with Gasteiger partial charge in [0.25, 0.3) is 0 Å². The largest absolute Gasteiger partial charge is 0.493 e. The smallest absolute Gasteiger partial charge is 0.162 e. The number of aromatic amines is 1. The zero-order chi connectivity index (χ0) is 29.1. The van der Waals surface area contributed by atoms with Gasteiger partial charge in [-0.2, -0.15) is 10.4 Å². The van der Waals surface area contributed by atoms with E-state index in [-0.39, 0.29) is 5.54 Å². The van der Waals surface area contributed by atoms with Crippen molar-refractivity contribution in [3.63, 3.8) is 0 Å². The summed E-state index contributed by atoms with van der Waals surface area (Å²) in [6.45, 7) is 8.66. The van der Waals surface area contributed by atoms with Gasteiger partial charge in [-0.05, 0) is 32.9 Å². The van der Waals surface area contributed by atoms with Crippen LogP contribution in [0.25, 0.3) is 22.2 Å². The van der Waals surface area contributed by atoms with Crippen LogP contribution in [0.3, 0.4) is 0 Å². The van der Waals surface area contributed by atoms with Gasteiger partial charge in [-0.1, -0.05) is 23.2 Å². The fraction of sp³-hybridized carbons (Fsp3) is 0.379. The molecule has 2 N–H and O–H groups in total. The number of halogens is 2. The summed E-state index contributed by atoms with van der Waals surface area (Å²) >= 11 is 12.7. The molecule has 1 aromatic carbocycles. The van der Waals surface area contributed by atoms with Gasteiger partial charge in [0, 0.05) is 67.3 Å². The number of methoxy groups -OCH3 is 1. The molecule has 0 saturated carbocycles. The molecule has 0 bridgehead atoms. The third-order valence-corrected chi connectivity index (χ3v) is 8.50. The maximum Gasteiger partial charge on any atom is 0.162 e. The predicted octanol–water partition coefficient (Wildman–Crippen LogP) is 4.99. The molecule has 4 aromatic rings. The number of H-pyrrole nitrogens is 1. The number of aromatic nitrogens is 4. The summed E-state index contributed by atoms with van der Waals surface area (Å²) in [6, 6.07) is 7.77. The van der Waals surface area contributed by atoms with E-state index < -0.39 is 11.7 Å². The Hall–Kier alpha value is -3.62. The monoisotopic (exact) mass is 593 g/mol. The van der Waals surface area contributed by atoms with Crippen molar-refractivity contribution in [3.05, 3.63) is 58.0 Å². The van der Waals surface area contributed by atoms with E-state index in [1.165, 1.54) is 12.4 Å². The number of rotatable bonds is 7. The number of likely N-dealkylation sites (tertiary alicyclic amines) is 1. The lowest BCUT2D eigenvalue weighted by Crippen LogP contribution is -2.77. The van der Waals surface area contributed by atoms with Crippen molar-refractivity contribution in [1.29, 1.82) is 5.26 Å². The highest BCUT2D eigenvalue weighted by Crippen LogP contribution is 2.41. The van der Waals surface area contributed by atoms with Crippen molar-refractivity contribution in [1.82, 2.24) is 25.1 Å². The fourth-order valence-corrected chi connectivity index (χ4v) is 6.43. The molecule has 0 aliphatic carbocycles. The first-order valence-corrected chi connectivity index (χ1v) is 13.9. The standard InChI is InChI=1S/C29H29Cl2N7O3/c1-16(25-20(30)10-33-11-21(25)31)41-24-6-19-22(7-23(24)40-4)35-36-26(19)18-5-17(8-32)27(34-9-18)37-12-28(2,13-37)38-14-29(3,39)15-38/h5-7,9-11,16,39H,12-15H2,1-4H3,(H,35,36)/t16-/m1/s1. The number of pyridine rings is 2. The molecular formula is C29H29Cl2N7O3. The van der Waals surface area contributed by atoms with Crippen LogP contribution >= 0.6 is 23.2 Å². The Morgan fingerprint density at radius 2 is 1.78 bits per heavy atom. The second kappa shape index (κ2) is 10.0. The number of nitrogens with zero attached hydrogens (tertiary/aromatic N) is 6. The van der Waals surface area contributed by atoms with Crippen LogP contribution in [0.1, 0.15) is 38.0 Å². The van der Waals surface area contributed by atoms with E-state index in [4.69, 9.17) is 32.7 Å². The molecule has 10 nitrogen and oxygen atoms in total. The maximum absolute atomic E-state index is 10.1. The van der Waals surface area contributed by atoms with E-state index in [0.29, 0.717) is 62.8 Å². The summed E-state index contributed by atoms with van der Waals surface area (Å²) in [6.07, 6.45) is 4.30. The molecule has 0 unspecified atom stereocenters. The topological polar surface area (TPSA) is 123 Å². The Morgan fingerprint density at radius 3 is 2.41 bits per heavy atom. The van der Waals surface area contributed by atoms with E-state index in [0.717, 1.165) is 24.0 Å². The number of hydrogen-bond acceptors (Lipinski definition) is 9. The molecule has 0 amide bonds. The van der Waals surface area contributed by atoms with Gasteiger partial charge in [0.2, 0.25) is 0 Å². The second-order valence-corrected chi connectivity index (χ2v) is 12.1. The molecular weight excluding hydrogens is 565 g/mol. The number of hydrogen-bond donors (Lipinski definition) is 2. The minimum absolute atomic E-state index is 0.0506. The lowest BCUT2D eigenvalue weighted by molar-refractivity contribution is -0.134. The number of aliphatic hydroxyl groups is 1. The third-order valence-electron chi connectivity index (χ3n) is 7.90. The van der Waals surface area contributed by atoms with Gasteiger partial charge in [-0.3, -0.25) is 15.0 Å². The molecule has 0 spiro atoms. The van der Waals surface area contributed by atoms with Crippen LogP contribution in [0.15, 0.2) is 36.8 Å². The van der Waals surface area contributed by atoms with Gasteiger partial charge in [-0.15, -0.1) is 0 Å². The maximum atomic E-state index is 10.1. The molecule has 212 valence electrons. The van der Waals surface area contributed by atoms with Gasteiger partial charge in [0.15, 0.2) is 11.5 Å². The highest BCUT2D eigenvalue weighted by atomic mass is 35.5. The summed E-state index contributed by atoms with van der Waals surface area (Å²) in [4.78, 5) is 13.1. The van der Waals surface area contributed by atoms with Crippen molar-refractivity contribution in [2.45, 2.75) is 38.0 Å². The number of nitrogens with one attached hydrogen (secondary N) is 1. The van der Waals surface area contributed by atoms with Crippen LogP contribution in [-0.2, 0) is 0 Å². The van der Waals surface area contributed by atoms with E-state index in [1.807, 2.05) is 32.0 Å². The summed E-state index contributed by atoms with van der Waals surface area (Å²) in [5.74, 6) is 1.64. The summed E-state index contributed by atoms with van der Waals surface area (Å²) in [5.41, 5.74) is 2.48. The third kappa shape index (κ3) is 4.83. The Bertz CT molecular complexity index is 1670. The molecule has 3 aromatic heterocycles. The first-order chi connectivity index (χ1) is 19.5. The molecule has 2 saturated heterocycles. The SMILES string of the molecule is COc1cc2[nH]nc(-c3cnc(N4CC(C)(N5CC(C)(O)C5)C4)c(C#N)c3)c2cc1O[C@H](C)c1c(Cl)cncc1Cl. The van der Waals surface area contributed by atoms with Gasteiger partial charge in [-0.25, -0.2) is 4.98 Å². The Labute approximate surface area is 247 Å². The minimum Gasteiger partial charge on any atom is -0.493 e.